The van der Waals surface area contributed by atoms with Gasteiger partial charge in [0.15, 0.2) is 5.13 Å². The molecular formula is C19H23N5O4S2. The molecule has 0 bridgehead atoms. The summed E-state index contributed by atoms with van der Waals surface area (Å²) in [6, 6.07) is 4.66. The van der Waals surface area contributed by atoms with Crippen LogP contribution in [0.1, 0.15) is 31.1 Å². The first-order valence-electron chi connectivity index (χ1n) is 9.55. The van der Waals surface area contributed by atoms with Gasteiger partial charge in [-0.05, 0) is 44.4 Å². The highest BCUT2D eigenvalue weighted by molar-refractivity contribution is 7.89. The van der Waals surface area contributed by atoms with Crippen molar-refractivity contribution < 1.29 is 13.2 Å². The number of aromatic nitrogens is 3. The van der Waals surface area contributed by atoms with Crippen LogP contribution >= 0.6 is 11.3 Å². The first-order valence-corrected chi connectivity index (χ1v) is 11.8. The Labute approximate surface area is 177 Å². The first-order chi connectivity index (χ1) is 14.1. The Balaban J connectivity index is 1.75. The number of nitrogens with zero attached hydrogens (tertiary/aromatic N) is 3. The van der Waals surface area contributed by atoms with Gasteiger partial charge in [-0.1, -0.05) is 0 Å². The zero-order valence-electron chi connectivity index (χ0n) is 16.9. The fourth-order valence-corrected chi connectivity index (χ4v) is 5.63. The third-order valence-corrected chi connectivity index (χ3v) is 8.01. The Morgan fingerprint density at radius 2 is 2.03 bits per heavy atom. The van der Waals surface area contributed by atoms with E-state index in [4.69, 9.17) is 0 Å². The molecule has 1 aromatic carbocycles. The third kappa shape index (κ3) is 3.80. The monoisotopic (exact) mass is 449 g/mol. The van der Waals surface area contributed by atoms with E-state index < -0.39 is 10.0 Å². The van der Waals surface area contributed by atoms with Crippen LogP contribution in [0.3, 0.4) is 0 Å². The summed E-state index contributed by atoms with van der Waals surface area (Å²) in [5.41, 5.74) is 0.380. The maximum Gasteiger partial charge on any atom is 0.335 e. The lowest BCUT2D eigenvalue weighted by Gasteiger charge is -2.12. The summed E-state index contributed by atoms with van der Waals surface area (Å²) >= 11 is 1.31. The minimum absolute atomic E-state index is 0.0704. The van der Waals surface area contributed by atoms with Gasteiger partial charge in [0.05, 0.1) is 15.9 Å². The second kappa shape index (κ2) is 7.33. The van der Waals surface area contributed by atoms with Crippen molar-refractivity contribution in [1.82, 2.24) is 24.2 Å². The number of hydrogen-bond donors (Lipinski definition) is 2. The average molecular weight is 450 g/mol. The third-order valence-electron chi connectivity index (χ3n) is 5.33. The highest BCUT2D eigenvalue weighted by Crippen LogP contribution is 2.36. The van der Waals surface area contributed by atoms with E-state index in [0.29, 0.717) is 29.0 Å². The summed E-state index contributed by atoms with van der Waals surface area (Å²) in [5.74, 6) is -0.0704. The van der Waals surface area contributed by atoms with E-state index in [1.54, 1.807) is 26.4 Å². The van der Waals surface area contributed by atoms with Crippen LogP contribution in [0, 0.1) is 0 Å². The van der Waals surface area contributed by atoms with Gasteiger partial charge in [-0.15, -0.1) is 11.3 Å². The Kier molecular flexibility index (Phi) is 5.07. The van der Waals surface area contributed by atoms with Crippen molar-refractivity contribution in [2.24, 2.45) is 7.05 Å². The van der Waals surface area contributed by atoms with E-state index in [0.717, 1.165) is 17.7 Å². The molecule has 1 fully saturated rings. The van der Waals surface area contributed by atoms with Crippen molar-refractivity contribution in [3.05, 3.63) is 39.8 Å². The second-order valence-corrected chi connectivity index (χ2v) is 10.6. The molecule has 0 aliphatic heterocycles. The van der Waals surface area contributed by atoms with E-state index in [1.165, 1.54) is 32.6 Å². The van der Waals surface area contributed by atoms with E-state index >= 15 is 0 Å². The number of sulfonamides is 1. The van der Waals surface area contributed by atoms with Gasteiger partial charge in [0.2, 0.25) is 15.9 Å². The van der Waals surface area contributed by atoms with Crippen LogP contribution in [0.5, 0.6) is 0 Å². The highest BCUT2D eigenvalue weighted by atomic mass is 32.2. The van der Waals surface area contributed by atoms with Crippen molar-refractivity contribution >= 4 is 38.3 Å². The summed E-state index contributed by atoms with van der Waals surface area (Å²) in [7, 11) is -0.480. The van der Waals surface area contributed by atoms with Gasteiger partial charge in [0.1, 0.15) is 0 Å². The molecule has 9 nitrogen and oxygen atoms in total. The Bertz CT molecular complexity index is 1300. The molecule has 11 heteroatoms. The molecule has 2 N–H and O–H groups in total. The standard InChI is InChI=1S/C19H23N5O4S2/c1-19(8-9-19)22-30(27,28)13-5-6-14-15(10-13)24(18(26)23(14)3)17-21-11-12(29-17)4-7-16(25)20-2/h5-6,10-11,22H,4,7-9H2,1-3H3,(H,20,25). The number of carbonyl (C=O) groups is 1. The molecular weight excluding hydrogens is 426 g/mol. The van der Waals surface area contributed by atoms with Gasteiger partial charge in [-0.2, -0.15) is 0 Å². The molecule has 0 saturated heterocycles. The van der Waals surface area contributed by atoms with Crippen molar-refractivity contribution in [3.8, 4) is 5.13 Å². The number of imidazole rings is 1. The number of thiazole rings is 1. The number of carbonyl (C=O) groups excluding carboxylic acids is 1. The predicted octanol–water partition coefficient (Wildman–Crippen LogP) is 1.30. The molecule has 0 spiro atoms. The van der Waals surface area contributed by atoms with Crippen LogP contribution in [0.25, 0.3) is 16.2 Å². The maximum atomic E-state index is 12.9. The molecule has 0 atom stereocenters. The van der Waals surface area contributed by atoms with Crippen LogP contribution in [0.2, 0.25) is 0 Å². The molecule has 1 amide bonds. The van der Waals surface area contributed by atoms with Crippen molar-refractivity contribution in [3.63, 3.8) is 0 Å². The largest absolute Gasteiger partial charge is 0.359 e. The smallest absolute Gasteiger partial charge is 0.335 e. The molecule has 3 aromatic rings. The number of benzene rings is 1. The topological polar surface area (TPSA) is 115 Å². The van der Waals surface area contributed by atoms with Crippen molar-refractivity contribution in [2.45, 2.75) is 43.0 Å². The lowest BCUT2D eigenvalue weighted by molar-refractivity contribution is -0.120. The summed E-state index contributed by atoms with van der Waals surface area (Å²) < 4.78 is 31.2. The molecule has 4 rings (SSSR count). The average Bonchev–Trinajstić information content (AvgIpc) is 3.14. The summed E-state index contributed by atoms with van der Waals surface area (Å²) in [4.78, 5) is 29.7. The van der Waals surface area contributed by atoms with Crippen molar-refractivity contribution in [1.29, 1.82) is 0 Å². The molecule has 2 aromatic heterocycles. The molecule has 1 saturated carbocycles. The lowest BCUT2D eigenvalue weighted by Crippen LogP contribution is -2.34. The Morgan fingerprint density at radius 3 is 2.70 bits per heavy atom. The minimum Gasteiger partial charge on any atom is -0.359 e. The fourth-order valence-electron chi connectivity index (χ4n) is 3.22. The highest BCUT2D eigenvalue weighted by Gasteiger charge is 2.41. The van der Waals surface area contributed by atoms with Gasteiger partial charge in [0.25, 0.3) is 0 Å². The van der Waals surface area contributed by atoms with Gasteiger partial charge >= 0.3 is 5.69 Å². The maximum absolute atomic E-state index is 12.9. The van der Waals surface area contributed by atoms with Crippen LogP contribution in [0.4, 0.5) is 0 Å². The van der Waals surface area contributed by atoms with E-state index in [9.17, 15) is 18.0 Å². The van der Waals surface area contributed by atoms with Crippen LogP contribution < -0.4 is 15.7 Å². The number of nitrogens with one attached hydrogen (secondary N) is 2. The Hall–Kier alpha value is -2.50. The Morgan fingerprint density at radius 1 is 1.30 bits per heavy atom. The van der Waals surface area contributed by atoms with E-state index in [1.807, 2.05) is 6.92 Å². The van der Waals surface area contributed by atoms with Gasteiger partial charge in [-0.3, -0.25) is 9.36 Å². The SMILES string of the molecule is CNC(=O)CCc1cnc(-n2c(=O)n(C)c3ccc(S(=O)(=O)NC4(C)CC4)cc32)s1. The second-order valence-electron chi connectivity index (χ2n) is 7.78. The zero-order chi connectivity index (χ0) is 21.7. The number of fused-ring (bicyclic) bond motifs is 1. The summed E-state index contributed by atoms with van der Waals surface area (Å²) in [6.45, 7) is 1.87. The molecule has 30 heavy (non-hydrogen) atoms. The quantitative estimate of drug-likeness (QED) is 0.564. The molecule has 160 valence electrons. The first kappa shape index (κ1) is 20.8. The van der Waals surface area contributed by atoms with Crippen LogP contribution in [-0.2, 0) is 28.3 Å². The number of amides is 1. The van der Waals surface area contributed by atoms with Crippen LogP contribution in [0.15, 0.2) is 34.1 Å². The molecule has 0 radical (unpaired) electrons. The predicted molar refractivity (Wildman–Crippen MR) is 115 cm³/mol. The van der Waals surface area contributed by atoms with Gasteiger partial charge < -0.3 is 5.32 Å². The van der Waals surface area contributed by atoms with Gasteiger partial charge in [-0.25, -0.2) is 27.5 Å². The van der Waals surface area contributed by atoms with Gasteiger partial charge in [0, 0.05) is 37.1 Å². The normalized spacial score (nSPS) is 15.4. The fraction of sp³-hybridized carbons (Fsp3) is 0.421. The molecule has 1 aliphatic rings. The number of aryl methyl sites for hydroxylation is 2. The molecule has 0 unspecified atom stereocenters. The number of rotatable bonds is 7. The van der Waals surface area contributed by atoms with Crippen molar-refractivity contribution in [2.75, 3.05) is 7.05 Å². The van der Waals surface area contributed by atoms with Crippen LogP contribution in [-0.4, -0.2) is 41.0 Å². The summed E-state index contributed by atoms with van der Waals surface area (Å²) in [6.07, 6.45) is 4.10. The summed E-state index contributed by atoms with van der Waals surface area (Å²) in [5, 5.41) is 3.01. The van der Waals surface area contributed by atoms with E-state index in [2.05, 4.69) is 15.0 Å². The number of hydrogen-bond acceptors (Lipinski definition) is 6. The molecule has 2 heterocycles. The minimum atomic E-state index is -3.70. The zero-order valence-corrected chi connectivity index (χ0v) is 18.6. The van der Waals surface area contributed by atoms with E-state index in [-0.39, 0.29) is 22.0 Å². The lowest BCUT2D eigenvalue weighted by atomic mass is 10.3. The molecule has 1 aliphatic carbocycles.